The molecule has 11 heavy (non-hydrogen) atoms. The molecule has 0 amide bonds. The maximum Gasteiger partial charge on any atom is 0.0144 e. The summed E-state index contributed by atoms with van der Waals surface area (Å²) in [6.07, 6.45) is 11.1. The maximum atomic E-state index is 3.51. The van der Waals surface area contributed by atoms with Gasteiger partial charge in [-0.3, -0.25) is 0 Å². The van der Waals surface area contributed by atoms with Gasteiger partial charge in [0.25, 0.3) is 0 Å². The van der Waals surface area contributed by atoms with Crippen LogP contribution in [0.2, 0.25) is 0 Å². The van der Waals surface area contributed by atoms with E-state index in [9.17, 15) is 0 Å². The van der Waals surface area contributed by atoms with Crippen molar-refractivity contribution < 1.29 is 0 Å². The Morgan fingerprint density at radius 3 is 3.18 bits per heavy atom. The molecule has 0 spiro atoms. The van der Waals surface area contributed by atoms with Crippen LogP contribution in [0.15, 0.2) is 23.4 Å². The third-order valence-electron chi connectivity index (χ3n) is 2.48. The molecule has 0 aromatic rings. The lowest BCUT2D eigenvalue weighted by atomic mass is 10.0. The van der Waals surface area contributed by atoms with Crippen LogP contribution in [0, 0.1) is 0 Å². The van der Waals surface area contributed by atoms with Crippen LogP contribution in [0.5, 0.6) is 0 Å². The third-order valence-corrected chi connectivity index (χ3v) is 2.48. The van der Waals surface area contributed by atoms with Crippen LogP contribution < -0.4 is 5.32 Å². The minimum Gasteiger partial charge on any atom is -0.388 e. The zero-order valence-corrected chi connectivity index (χ0v) is 6.90. The molecule has 1 N–H and O–H groups in total. The lowest BCUT2D eigenvalue weighted by Gasteiger charge is -2.13. The fourth-order valence-electron chi connectivity index (χ4n) is 1.83. The SMILES string of the molecule is C1=CC2=C(CC1)NCCCC2. The number of nitrogens with one attached hydrogen (secondary N) is 1. The molecule has 0 atom stereocenters. The van der Waals surface area contributed by atoms with E-state index >= 15 is 0 Å². The monoisotopic (exact) mass is 149 g/mol. The van der Waals surface area contributed by atoms with Crippen LogP contribution >= 0.6 is 0 Å². The first-order valence-electron chi connectivity index (χ1n) is 4.59. The fraction of sp³-hybridized carbons (Fsp3) is 0.600. The Hall–Kier alpha value is -0.720. The highest BCUT2D eigenvalue weighted by molar-refractivity contribution is 5.29. The van der Waals surface area contributed by atoms with Crippen molar-refractivity contribution in [2.24, 2.45) is 0 Å². The van der Waals surface area contributed by atoms with Gasteiger partial charge in [0, 0.05) is 12.2 Å². The molecule has 1 aliphatic heterocycles. The van der Waals surface area contributed by atoms with Gasteiger partial charge >= 0.3 is 0 Å². The van der Waals surface area contributed by atoms with Gasteiger partial charge in [0.15, 0.2) is 0 Å². The zero-order chi connectivity index (χ0) is 7.52. The largest absolute Gasteiger partial charge is 0.388 e. The number of allylic oxidation sites excluding steroid dienone is 4. The minimum atomic E-state index is 1.19. The summed E-state index contributed by atoms with van der Waals surface area (Å²) in [5, 5.41) is 3.51. The van der Waals surface area contributed by atoms with E-state index in [1.807, 2.05) is 0 Å². The van der Waals surface area contributed by atoms with Crippen molar-refractivity contribution in [3.8, 4) is 0 Å². The van der Waals surface area contributed by atoms with Gasteiger partial charge in [-0.1, -0.05) is 12.2 Å². The lowest BCUT2D eigenvalue weighted by Crippen LogP contribution is -2.15. The van der Waals surface area contributed by atoms with E-state index in [4.69, 9.17) is 0 Å². The van der Waals surface area contributed by atoms with Crippen molar-refractivity contribution in [3.63, 3.8) is 0 Å². The van der Waals surface area contributed by atoms with Crippen molar-refractivity contribution >= 4 is 0 Å². The summed E-state index contributed by atoms with van der Waals surface area (Å²) in [5.74, 6) is 0. The van der Waals surface area contributed by atoms with Gasteiger partial charge in [0.05, 0.1) is 0 Å². The fourth-order valence-corrected chi connectivity index (χ4v) is 1.83. The van der Waals surface area contributed by atoms with Gasteiger partial charge in [-0.25, -0.2) is 0 Å². The quantitative estimate of drug-likeness (QED) is 0.557. The van der Waals surface area contributed by atoms with Crippen LogP contribution in [0.1, 0.15) is 32.1 Å². The molecule has 1 nitrogen and oxygen atoms in total. The van der Waals surface area contributed by atoms with Crippen LogP contribution in [-0.4, -0.2) is 6.54 Å². The smallest absolute Gasteiger partial charge is 0.0144 e. The van der Waals surface area contributed by atoms with E-state index in [0.717, 1.165) is 0 Å². The topological polar surface area (TPSA) is 12.0 Å². The van der Waals surface area contributed by atoms with E-state index in [-0.39, 0.29) is 0 Å². The van der Waals surface area contributed by atoms with Crippen molar-refractivity contribution in [2.45, 2.75) is 32.1 Å². The van der Waals surface area contributed by atoms with Crippen LogP contribution in [-0.2, 0) is 0 Å². The highest BCUT2D eigenvalue weighted by atomic mass is 14.9. The number of hydrogen-bond acceptors (Lipinski definition) is 1. The standard InChI is InChI=1S/C10H15N/c1-2-7-10-9(5-1)6-3-4-8-11-10/h1,5,11H,2-4,6-8H2. The Morgan fingerprint density at radius 1 is 1.18 bits per heavy atom. The van der Waals surface area contributed by atoms with Crippen molar-refractivity contribution in [1.82, 2.24) is 5.32 Å². The molecule has 1 aliphatic carbocycles. The zero-order valence-electron chi connectivity index (χ0n) is 6.90. The predicted molar refractivity (Wildman–Crippen MR) is 47.3 cm³/mol. The Balaban J connectivity index is 2.17. The molecule has 0 fully saturated rings. The summed E-state index contributed by atoms with van der Waals surface area (Å²) in [6, 6.07) is 0. The number of hydrogen-bond donors (Lipinski definition) is 1. The third kappa shape index (κ3) is 1.47. The molecular formula is C10H15N. The van der Waals surface area contributed by atoms with Crippen molar-refractivity contribution in [3.05, 3.63) is 23.4 Å². The molecule has 1 heteroatoms. The highest BCUT2D eigenvalue weighted by Gasteiger charge is 2.10. The molecule has 0 aromatic carbocycles. The molecule has 60 valence electrons. The maximum absolute atomic E-state index is 3.51. The average Bonchev–Trinajstić information content (AvgIpc) is 2.28. The predicted octanol–water partition coefficient (Wildman–Crippen LogP) is 2.36. The molecule has 0 bridgehead atoms. The Labute approximate surface area is 68.2 Å². The van der Waals surface area contributed by atoms with E-state index in [1.165, 1.54) is 44.3 Å². The molecule has 0 radical (unpaired) electrons. The summed E-state index contributed by atoms with van der Waals surface area (Å²) in [5.41, 5.74) is 3.08. The second-order valence-electron chi connectivity index (χ2n) is 3.33. The minimum absolute atomic E-state index is 1.19. The van der Waals surface area contributed by atoms with Crippen LogP contribution in [0.3, 0.4) is 0 Å². The van der Waals surface area contributed by atoms with Gasteiger partial charge in [-0.15, -0.1) is 0 Å². The molecule has 2 aliphatic rings. The second-order valence-corrected chi connectivity index (χ2v) is 3.33. The summed E-state index contributed by atoms with van der Waals surface area (Å²) in [6.45, 7) is 1.19. The van der Waals surface area contributed by atoms with Gasteiger partial charge < -0.3 is 5.32 Å². The van der Waals surface area contributed by atoms with Crippen molar-refractivity contribution in [2.75, 3.05) is 6.54 Å². The van der Waals surface area contributed by atoms with Crippen LogP contribution in [0.25, 0.3) is 0 Å². The summed E-state index contributed by atoms with van der Waals surface area (Å²) < 4.78 is 0. The van der Waals surface area contributed by atoms with E-state index in [2.05, 4.69) is 17.5 Å². The first-order chi connectivity index (χ1) is 5.47. The molecule has 0 saturated heterocycles. The van der Waals surface area contributed by atoms with Crippen LogP contribution in [0.4, 0.5) is 0 Å². The van der Waals surface area contributed by atoms with Gasteiger partial charge in [-0.2, -0.15) is 0 Å². The Bertz CT molecular complexity index is 201. The van der Waals surface area contributed by atoms with Gasteiger partial charge in [0.1, 0.15) is 0 Å². The summed E-state index contributed by atoms with van der Waals surface area (Å²) in [4.78, 5) is 0. The van der Waals surface area contributed by atoms with E-state index in [0.29, 0.717) is 0 Å². The van der Waals surface area contributed by atoms with E-state index < -0.39 is 0 Å². The van der Waals surface area contributed by atoms with Gasteiger partial charge in [0.2, 0.25) is 0 Å². The lowest BCUT2D eigenvalue weighted by molar-refractivity contribution is 0.701. The summed E-state index contributed by atoms with van der Waals surface area (Å²) in [7, 11) is 0. The molecule has 0 unspecified atom stereocenters. The molecule has 1 heterocycles. The molecule has 0 aromatic heterocycles. The van der Waals surface area contributed by atoms with Crippen molar-refractivity contribution in [1.29, 1.82) is 0 Å². The number of rotatable bonds is 0. The highest BCUT2D eigenvalue weighted by Crippen LogP contribution is 2.23. The Kier molecular flexibility index (Phi) is 1.97. The summed E-state index contributed by atoms with van der Waals surface area (Å²) >= 11 is 0. The Morgan fingerprint density at radius 2 is 2.18 bits per heavy atom. The normalized spacial score (nSPS) is 24.0. The molecule has 2 rings (SSSR count). The average molecular weight is 149 g/mol. The van der Waals surface area contributed by atoms with E-state index in [1.54, 1.807) is 5.57 Å². The first-order valence-corrected chi connectivity index (χ1v) is 4.59. The molecular weight excluding hydrogens is 134 g/mol. The van der Waals surface area contributed by atoms with Gasteiger partial charge in [-0.05, 0) is 37.7 Å². The molecule has 0 saturated carbocycles. The second kappa shape index (κ2) is 3.12. The first kappa shape index (κ1) is 6.96.